The number of nitrogens with zero attached hydrogens (tertiary/aromatic N) is 1. The van der Waals surface area contributed by atoms with E-state index in [4.69, 9.17) is 4.74 Å². The number of hydrogen-bond donors (Lipinski definition) is 0. The Labute approximate surface area is 148 Å². The molecule has 0 aliphatic rings. The van der Waals surface area contributed by atoms with Crippen LogP contribution in [0, 0.1) is 0 Å². The van der Waals surface area contributed by atoms with Crippen LogP contribution in [0.3, 0.4) is 0 Å². The van der Waals surface area contributed by atoms with Gasteiger partial charge in [-0.15, -0.1) is 0 Å². The number of esters is 1. The average molecular weight is 334 g/mol. The monoisotopic (exact) mass is 333 g/mol. The van der Waals surface area contributed by atoms with Crippen LogP contribution in [0.25, 0.3) is 0 Å². The summed E-state index contributed by atoms with van der Waals surface area (Å²) in [6.45, 7) is 4.25. The number of carbonyl (C=O) groups is 1. The fourth-order valence-corrected chi connectivity index (χ4v) is 2.89. The van der Waals surface area contributed by atoms with Crippen LogP contribution in [0.1, 0.15) is 101 Å². The Morgan fingerprint density at radius 2 is 1.42 bits per heavy atom. The average Bonchev–Trinajstić information content (AvgIpc) is 2.60. The molecule has 0 radical (unpaired) electrons. The Balaban J connectivity index is 1.93. The van der Waals surface area contributed by atoms with Gasteiger partial charge < -0.3 is 4.74 Å². The molecule has 0 saturated heterocycles. The smallest absolute Gasteiger partial charge is 0.338 e. The molecule has 1 aromatic heterocycles. The first kappa shape index (κ1) is 20.7. The summed E-state index contributed by atoms with van der Waals surface area (Å²) in [7, 11) is 0. The standard InChI is InChI=1S/C21H35NO2/c1-3-4-5-6-7-8-9-10-11-12-13-14-19(2)24-21(23)20-15-17-22-18-16-20/h15-19H,3-14H2,1-2H3. The SMILES string of the molecule is CCCCCCCCCCCCCC(C)OC(=O)c1ccncc1. The number of carbonyl (C=O) groups excluding carboxylic acids is 1. The van der Waals surface area contributed by atoms with Crippen LogP contribution in [-0.2, 0) is 4.74 Å². The number of aromatic nitrogens is 1. The Morgan fingerprint density at radius 1 is 0.917 bits per heavy atom. The molecule has 1 rings (SSSR count). The number of rotatable bonds is 14. The molecule has 0 bridgehead atoms. The number of hydrogen-bond acceptors (Lipinski definition) is 3. The van der Waals surface area contributed by atoms with Gasteiger partial charge in [0.05, 0.1) is 11.7 Å². The van der Waals surface area contributed by atoms with Gasteiger partial charge in [0.1, 0.15) is 0 Å². The lowest BCUT2D eigenvalue weighted by molar-refractivity contribution is 0.0319. The predicted octanol–water partition coefficient (Wildman–Crippen LogP) is 6.33. The Hall–Kier alpha value is -1.38. The molecule has 0 fully saturated rings. The van der Waals surface area contributed by atoms with E-state index in [1.807, 2.05) is 6.92 Å². The molecule has 136 valence electrons. The van der Waals surface area contributed by atoms with Gasteiger partial charge in [0.25, 0.3) is 0 Å². The number of pyridine rings is 1. The lowest BCUT2D eigenvalue weighted by Gasteiger charge is -2.13. The molecule has 0 amide bonds. The lowest BCUT2D eigenvalue weighted by atomic mass is 10.0. The second kappa shape index (κ2) is 14.0. The van der Waals surface area contributed by atoms with Crippen molar-refractivity contribution in [2.24, 2.45) is 0 Å². The molecule has 1 aromatic rings. The van der Waals surface area contributed by atoms with Gasteiger partial charge in [-0.25, -0.2) is 4.79 Å². The van der Waals surface area contributed by atoms with Crippen molar-refractivity contribution in [2.45, 2.75) is 97.0 Å². The van der Waals surface area contributed by atoms with E-state index in [9.17, 15) is 4.79 Å². The minimum Gasteiger partial charge on any atom is -0.459 e. The van der Waals surface area contributed by atoms with E-state index < -0.39 is 0 Å². The normalized spacial score (nSPS) is 12.1. The van der Waals surface area contributed by atoms with Crippen LogP contribution in [-0.4, -0.2) is 17.1 Å². The Kier molecular flexibility index (Phi) is 12.1. The van der Waals surface area contributed by atoms with Crippen molar-refractivity contribution in [3.63, 3.8) is 0 Å². The molecule has 0 aliphatic heterocycles. The molecule has 3 nitrogen and oxygen atoms in total. The third-order valence-electron chi connectivity index (χ3n) is 4.44. The summed E-state index contributed by atoms with van der Waals surface area (Å²) in [6, 6.07) is 3.38. The van der Waals surface area contributed by atoms with E-state index >= 15 is 0 Å². The predicted molar refractivity (Wildman–Crippen MR) is 100 cm³/mol. The van der Waals surface area contributed by atoms with Crippen molar-refractivity contribution < 1.29 is 9.53 Å². The van der Waals surface area contributed by atoms with Crippen molar-refractivity contribution >= 4 is 5.97 Å². The van der Waals surface area contributed by atoms with Crippen LogP contribution in [0.2, 0.25) is 0 Å². The topological polar surface area (TPSA) is 39.2 Å². The summed E-state index contributed by atoms with van der Waals surface area (Å²) < 4.78 is 5.46. The number of ether oxygens (including phenoxy) is 1. The first-order valence-electron chi connectivity index (χ1n) is 9.85. The molecule has 0 saturated carbocycles. The highest BCUT2D eigenvalue weighted by atomic mass is 16.5. The summed E-state index contributed by atoms with van der Waals surface area (Å²) in [5.74, 6) is -0.243. The van der Waals surface area contributed by atoms with Crippen LogP contribution in [0.5, 0.6) is 0 Å². The van der Waals surface area contributed by atoms with E-state index in [1.165, 1.54) is 64.2 Å². The van der Waals surface area contributed by atoms with Crippen molar-refractivity contribution in [2.75, 3.05) is 0 Å². The van der Waals surface area contributed by atoms with E-state index in [0.29, 0.717) is 5.56 Å². The maximum Gasteiger partial charge on any atom is 0.338 e. The van der Waals surface area contributed by atoms with E-state index in [-0.39, 0.29) is 12.1 Å². The van der Waals surface area contributed by atoms with Crippen molar-refractivity contribution in [3.05, 3.63) is 30.1 Å². The summed E-state index contributed by atoms with van der Waals surface area (Å²) in [4.78, 5) is 15.8. The van der Waals surface area contributed by atoms with Crippen LogP contribution < -0.4 is 0 Å². The minimum atomic E-state index is -0.243. The molecule has 1 heterocycles. The van der Waals surface area contributed by atoms with Gasteiger partial charge in [-0.1, -0.05) is 71.1 Å². The van der Waals surface area contributed by atoms with Gasteiger partial charge in [0.2, 0.25) is 0 Å². The highest BCUT2D eigenvalue weighted by molar-refractivity contribution is 5.89. The van der Waals surface area contributed by atoms with Crippen molar-refractivity contribution in [1.29, 1.82) is 0 Å². The Morgan fingerprint density at radius 3 is 1.96 bits per heavy atom. The highest BCUT2D eigenvalue weighted by Crippen LogP contribution is 2.14. The zero-order valence-electron chi connectivity index (χ0n) is 15.6. The lowest BCUT2D eigenvalue weighted by Crippen LogP contribution is -2.15. The van der Waals surface area contributed by atoms with Crippen LogP contribution in [0.15, 0.2) is 24.5 Å². The molecule has 0 spiro atoms. The summed E-state index contributed by atoms with van der Waals surface area (Å²) in [5, 5.41) is 0. The van der Waals surface area contributed by atoms with Gasteiger partial charge in [0, 0.05) is 12.4 Å². The summed E-state index contributed by atoms with van der Waals surface area (Å²) in [6.07, 6.45) is 18.9. The van der Waals surface area contributed by atoms with Gasteiger partial charge in [-0.05, 0) is 31.9 Å². The van der Waals surface area contributed by atoms with Crippen LogP contribution in [0.4, 0.5) is 0 Å². The molecule has 24 heavy (non-hydrogen) atoms. The van der Waals surface area contributed by atoms with Crippen LogP contribution >= 0.6 is 0 Å². The van der Waals surface area contributed by atoms with Gasteiger partial charge in [-0.2, -0.15) is 0 Å². The summed E-state index contributed by atoms with van der Waals surface area (Å²) in [5.41, 5.74) is 0.579. The summed E-state index contributed by atoms with van der Waals surface area (Å²) >= 11 is 0. The van der Waals surface area contributed by atoms with E-state index in [2.05, 4.69) is 11.9 Å². The molecule has 1 unspecified atom stereocenters. The molecular formula is C21H35NO2. The maximum absolute atomic E-state index is 11.9. The largest absolute Gasteiger partial charge is 0.459 e. The van der Waals surface area contributed by atoms with Crippen molar-refractivity contribution in [1.82, 2.24) is 4.98 Å². The fraction of sp³-hybridized carbons (Fsp3) is 0.714. The van der Waals surface area contributed by atoms with E-state index in [1.54, 1.807) is 24.5 Å². The molecular weight excluding hydrogens is 298 g/mol. The van der Waals surface area contributed by atoms with E-state index in [0.717, 1.165) is 12.8 Å². The molecule has 0 aromatic carbocycles. The maximum atomic E-state index is 11.9. The number of unbranched alkanes of at least 4 members (excludes halogenated alkanes) is 10. The van der Waals surface area contributed by atoms with Gasteiger partial charge in [-0.3, -0.25) is 4.98 Å². The zero-order valence-corrected chi connectivity index (χ0v) is 15.6. The first-order chi connectivity index (χ1) is 11.7. The quantitative estimate of drug-likeness (QED) is 0.295. The van der Waals surface area contributed by atoms with Gasteiger partial charge in [0.15, 0.2) is 0 Å². The van der Waals surface area contributed by atoms with Crippen molar-refractivity contribution in [3.8, 4) is 0 Å². The highest BCUT2D eigenvalue weighted by Gasteiger charge is 2.11. The second-order valence-electron chi connectivity index (χ2n) is 6.78. The molecule has 0 N–H and O–H groups in total. The third kappa shape index (κ3) is 10.4. The fourth-order valence-electron chi connectivity index (χ4n) is 2.89. The molecule has 3 heteroatoms. The first-order valence-corrected chi connectivity index (χ1v) is 9.85. The Bertz CT molecular complexity index is 419. The minimum absolute atomic E-state index is 0.00997. The zero-order chi connectivity index (χ0) is 17.5. The third-order valence-corrected chi connectivity index (χ3v) is 4.44. The second-order valence-corrected chi connectivity index (χ2v) is 6.78. The molecule has 0 aliphatic carbocycles. The van der Waals surface area contributed by atoms with Gasteiger partial charge >= 0.3 is 5.97 Å². The molecule has 1 atom stereocenters.